The molecule has 40 heavy (non-hydrogen) atoms. The van der Waals surface area contributed by atoms with E-state index in [2.05, 4.69) is 25.7 Å². The second-order valence-corrected chi connectivity index (χ2v) is 10.2. The lowest BCUT2D eigenvalue weighted by atomic mass is 9.97. The third kappa shape index (κ3) is 4.97. The van der Waals surface area contributed by atoms with Crippen LogP contribution in [0.3, 0.4) is 0 Å². The lowest BCUT2D eigenvalue weighted by molar-refractivity contribution is 0.0848. The summed E-state index contributed by atoms with van der Waals surface area (Å²) in [6, 6.07) is 19.3. The molecular formula is C36H32N2O2. The van der Waals surface area contributed by atoms with Crippen LogP contribution < -0.4 is 0 Å². The van der Waals surface area contributed by atoms with Crippen molar-refractivity contribution >= 4 is 35.4 Å². The van der Waals surface area contributed by atoms with Crippen LogP contribution in [-0.2, 0) is 0 Å². The molecule has 2 heterocycles. The van der Waals surface area contributed by atoms with E-state index in [-0.39, 0.29) is 11.8 Å². The van der Waals surface area contributed by atoms with Crippen molar-refractivity contribution in [3.8, 4) is 24.7 Å². The molecule has 198 valence electrons. The van der Waals surface area contributed by atoms with Crippen molar-refractivity contribution < 1.29 is 9.59 Å². The van der Waals surface area contributed by atoms with Crippen molar-refractivity contribution in [1.29, 1.82) is 0 Å². The molecule has 0 aliphatic carbocycles. The maximum absolute atomic E-state index is 13.7. The number of unbranched alkanes of at least 4 members (excludes halogenated alkanes) is 2. The van der Waals surface area contributed by atoms with Gasteiger partial charge in [-0.05, 0) is 72.5 Å². The van der Waals surface area contributed by atoms with Crippen LogP contribution in [0.4, 0.5) is 0 Å². The molecule has 5 rings (SSSR count). The van der Waals surface area contributed by atoms with Crippen molar-refractivity contribution in [2.75, 3.05) is 13.1 Å². The van der Waals surface area contributed by atoms with Gasteiger partial charge >= 0.3 is 0 Å². The zero-order chi connectivity index (χ0) is 28.2. The quantitative estimate of drug-likeness (QED) is 0.294. The molecule has 3 aromatic carbocycles. The van der Waals surface area contributed by atoms with Gasteiger partial charge in [0.25, 0.3) is 11.8 Å². The maximum Gasteiger partial charge on any atom is 0.259 e. The Morgan fingerprint density at radius 2 is 1.00 bits per heavy atom. The molecule has 3 aromatic rings. The van der Waals surface area contributed by atoms with Gasteiger partial charge in [-0.3, -0.25) is 9.59 Å². The fourth-order valence-electron chi connectivity index (χ4n) is 5.23. The molecule has 0 radical (unpaired) electrons. The molecule has 2 aliphatic rings. The van der Waals surface area contributed by atoms with Crippen LogP contribution in [0, 0.1) is 24.7 Å². The maximum atomic E-state index is 13.7. The standard InChI is InChI=1S/C36H32N2O2/c1-5-9-19-37-33(21-27-15-11-25(7-3)12-16-27)29-23-30-32(24-31(29)35(37)39)36(40)38(20-10-6-2)34(30)22-28-17-13-26(8-4)14-18-28/h3-4,11-18,21-24H,5-6,9-10,19-20H2,1-2H3/b33-21-,34-22-. The molecule has 2 aliphatic heterocycles. The number of nitrogens with zero attached hydrogens (tertiary/aromatic N) is 2. The van der Waals surface area contributed by atoms with E-state index in [0.29, 0.717) is 24.2 Å². The Morgan fingerprint density at radius 3 is 1.35 bits per heavy atom. The summed E-state index contributed by atoms with van der Waals surface area (Å²) < 4.78 is 0. The first-order valence-electron chi connectivity index (χ1n) is 13.9. The van der Waals surface area contributed by atoms with E-state index in [1.54, 1.807) is 6.07 Å². The van der Waals surface area contributed by atoms with Crippen LogP contribution in [0.2, 0.25) is 0 Å². The smallest absolute Gasteiger partial charge is 0.259 e. The lowest BCUT2D eigenvalue weighted by Crippen LogP contribution is -2.25. The molecule has 0 saturated heterocycles. The molecule has 0 fully saturated rings. The Kier molecular flexibility index (Phi) is 7.72. The van der Waals surface area contributed by atoms with Crippen LogP contribution in [0.5, 0.6) is 0 Å². The Bertz CT molecular complexity index is 1490. The normalized spacial score (nSPS) is 15.9. The minimum Gasteiger partial charge on any atom is -0.308 e. The Balaban J connectivity index is 1.66. The molecular weight excluding hydrogens is 492 g/mol. The number of carbonyl (C=O) groups is 2. The van der Waals surface area contributed by atoms with E-state index in [1.807, 2.05) is 76.5 Å². The lowest BCUT2D eigenvalue weighted by Gasteiger charge is -2.19. The number of benzene rings is 3. The van der Waals surface area contributed by atoms with Gasteiger partial charge in [-0.15, -0.1) is 12.8 Å². The van der Waals surface area contributed by atoms with E-state index >= 15 is 0 Å². The van der Waals surface area contributed by atoms with E-state index in [0.717, 1.165) is 70.5 Å². The first-order chi connectivity index (χ1) is 19.5. The summed E-state index contributed by atoms with van der Waals surface area (Å²) in [5, 5.41) is 0. The van der Waals surface area contributed by atoms with Crippen molar-refractivity contribution in [3.63, 3.8) is 0 Å². The largest absolute Gasteiger partial charge is 0.308 e. The summed E-state index contributed by atoms with van der Waals surface area (Å²) >= 11 is 0. The zero-order valence-electron chi connectivity index (χ0n) is 23.0. The van der Waals surface area contributed by atoms with Gasteiger partial charge in [-0.1, -0.05) is 62.8 Å². The molecule has 2 amide bonds. The molecule has 0 saturated carbocycles. The molecule has 0 spiro atoms. The van der Waals surface area contributed by atoms with Gasteiger partial charge in [0, 0.05) is 35.3 Å². The first kappa shape index (κ1) is 26.8. The Hall–Kier alpha value is -4.80. The predicted molar refractivity (Wildman–Crippen MR) is 163 cm³/mol. The van der Waals surface area contributed by atoms with Crippen molar-refractivity contribution in [3.05, 3.63) is 105 Å². The highest BCUT2D eigenvalue weighted by atomic mass is 16.2. The number of carbonyl (C=O) groups excluding carboxylic acids is 2. The van der Waals surface area contributed by atoms with Gasteiger partial charge in [0.15, 0.2) is 0 Å². The zero-order valence-corrected chi connectivity index (χ0v) is 23.0. The fourth-order valence-corrected chi connectivity index (χ4v) is 5.23. The molecule has 4 heteroatoms. The highest BCUT2D eigenvalue weighted by Gasteiger charge is 2.38. The molecule has 4 nitrogen and oxygen atoms in total. The Labute approximate surface area is 237 Å². The van der Waals surface area contributed by atoms with E-state index < -0.39 is 0 Å². The van der Waals surface area contributed by atoms with Gasteiger partial charge in [0.05, 0.1) is 22.5 Å². The summed E-state index contributed by atoms with van der Waals surface area (Å²) in [5.74, 6) is 5.18. The van der Waals surface area contributed by atoms with Crippen LogP contribution in [0.25, 0.3) is 23.5 Å². The highest BCUT2D eigenvalue weighted by Crippen LogP contribution is 2.42. The fraction of sp³-hybridized carbons (Fsp3) is 0.222. The number of hydrogen-bond donors (Lipinski definition) is 0. The second-order valence-electron chi connectivity index (χ2n) is 10.2. The van der Waals surface area contributed by atoms with Gasteiger partial charge < -0.3 is 9.80 Å². The molecule has 0 atom stereocenters. The van der Waals surface area contributed by atoms with Gasteiger partial charge in [0.1, 0.15) is 0 Å². The first-order valence-corrected chi connectivity index (χ1v) is 13.9. The average molecular weight is 525 g/mol. The van der Waals surface area contributed by atoms with Crippen molar-refractivity contribution in [2.24, 2.45) is 0 Å². The van der Waals surface area contributed by atoms with Gasteiger partial charge in [-0.2, -0.15) is 0 Å². The van der Waals surface area contributed by atoms with E-state index in [9.17, 15) is 9.59 Å². The number of hydrogen-bond acceptors (Lipinski definition) is 2. The number of rotatable bonds is 8. The number of fused-ring (bicyclic) bond motifs is 2. The summed E-state index contributed by atoms with van der Waals surface area (Å²) in [5.41, 5.74) is 8.07. The molecule has 0 unspecified atom stereocenters. The summed E-state index contributed by atoms with van der Waals surface area (Å²) in [6.07, 6.45) is 18.9. The van der Waals surface area contributed by atoms with E-state index in [4.69, 9.17) is 12.8 Å². The molecule has 0 N–H and O–H groups in total. The van der Waals surface area contributed by atoms with Gasteiger partial charge in [-0.25, -0.2) is 0 Å². The van der Waals surface area contributed by atoms with Crippen LogP contribution in [0.1, 0.15) is 93.6 Å². The van der Waals surface area contributed by atoms with Crippen molar-refractivity contribution in [2.45, 2.75) is 39.5 Å². The van der Waals surface area contributed by atoms with Crippen LogP contribution >= 0.6 is 0 Å². The molecule has 0 bridgehead atoms. The van der Waals surface area contributed by atoms with Crippen LogP contribution in [-0.4, -0.2) is 34.7 Å². The van der Waals surface area contributed by atoms with Gasteiger partial charge in [0.2, 0.25) is 0 Å². The number of terminal acetylenes is 2. The van der Waals surface area contributed by atoms with Crippen LogP contribution in [0.15, 0.2) is 60.7 Å². The van der Waals surface area contributed by atoms with Crippen molar-refractivity contribution in [1.82, 2.24) is 9.80 Å². The minimum atomic E-state index is -0.0621. The number of amides is 2. The monoisotopic (exact) mass is 524 g/mol. The Morgan fingerprint density at radius 1 is 0.625 bits per heavy atom. The third-order valence-corrected chi connectivity index (χ3v) is 7.47. The van der Waals surface area contributed by atoms with E-state index in [1.165, 1.54) is 0 Å². The minimum absolute atomic E-state index is 0.0621. The highest BCUT2D eigenvalue weighted by molar-refractivity contribution is 6.17. The summed E-state index contributed by atoms with van der Waals surface area (Å²) in [7, 11) is 0. The SMILES string of the molecule is C#Cc1ccc(/C=C2/c3cc4c(cc3C(=O)N2CCCC)C(=O)N(CCCC)/C4=C\c2ccc(C#C)cc2)cc1. The summed E-state index contributed by atoms with van der Waals surface area (Å²) in [6.45, 7) is 5.45. The third-order valence-electron chi connectivity index (χ3n) is 7.47. The summed E-state index contributed by atoms with van der Waals surface area (Å²) in [4.78, 5) is 31.1. The second kappa shape index (κ2) is 11.5. The topological polar surface area (TPSA) is 40.6 Å². The molecule has 0 aromatic heterocycles. The average Bonchev–Trinajstić information content (AvgIpc) is 3.39. The predicted octanol–water partition coefficient (Wildman–Crippen LogP) is 7.16.